The molecule has 0 atom stereocenters. The van der Waals surface area contributed by atoms with E-state index in [0.29, 0.717) is 5.11 Å². The minimum absolute atomic E-state index is 0.0455. The van der Waals surface area contributed by atoms with Crippen molar-refractivity contribution >= 4 is 23.0 Å². The number of hydrogen-bond donors (Lipinski definition) is 2. The van der Waals surface area contributed by atoms with Crippen molar-refractivity contribution in [1.29, 1.82) is 0 Å². The summed E-state index contributed by atoms with van der Waals surface area (Å²) in [6, 6.07) is 7.78. The van der Waals surface area contributed by atoms with Gasteiger partial charge in [-0.25, -0.2) is 0 Å². The van der Waals surface area contributed by atoms with Gasteiger partial charge in [-0.3, -0.25) is 0 Å². The van der Waals surface area contributed by atoms with Crippen molar-refractivity contribution in [3.8, 4) is 5.75 Å². The van der Waals surface area contributed by atoms with E-state index >= 15 is 0 Å². The Hall–Kier alpha value is -1.29. The van der Waals surface area contributed by atoms with Crippen LogP contribution in [0.15, 0.2) is 24.3 Å². The monoisotopic (exact) mass is 266 g/mol. The Labute approximate surface area is 115 Å². The maximum atomic E-state index is 5.63. The molecule has 0 bridgehead atoms. The van der Waals surface area contributed by atoms with Gasteiger partial charge in [0, 0.05) is 17.3 Å². The predicted octanol–water partition coefficient (Wildman–Crippen LogP) is 3.56. The molecule has 1 aromatic carbocycles. The van der Waals surface area contributed by atoms with Crippen molar-refractivity contribution in [3.63, 3.8) is 0 Å². The highest BCUT2D eigenvalue weighted by Gasteiger charge is 2.11. The summed E-state index contributed by atoms with van der Waals surface area (Å²) >= 11 is 5.25. The fourth-order valence-corrected chi connectivity index (χ4v) is 1.85. The summed E-state index contributed by atoms with van der Waals surface area (Å²) in [5.41, 5.74) is 0.880. The average molecular weight is 266 g/mol. The third kappa shape index (κ3) is 5.87. The molecule has 100 valence electrons. The summed E-state index contributed by atoms with van der Waals surface area (Å²) < 4.78 is 5.63. The van der Waals surface area contributed by atoms with Crippen molar-refractivity contribution in [3.05, 3.63) is 24.3 Å². The van der Waals surface area contributed by atoms with Crippen molar-refractivity contribution in [1.82, 2.24) is 5.32 Å². The zero-order valence-electron chi connectivity index (χ0n) is 11.7. The molecule has 0 aliphatic heterocycles. The second-order valence-electron chi connectivity index (χ2n) is 5.52. The van der Waals surface area contributed by atoms with Crippen molar-refractivity contribution in [2.45, 2.75) is 46.3 Å². The molecule has 1 rings (SSSR count). The van der Waals surface area contributed by atoms with Gasteiger partial charge in [-0.2, -0.15) is 0 Å². The quantitative estimate of drug-likeness (QED) is 0.820. The Morgan fingerprint density at radius 1 is 1.28 bits per heavy atom. The van der Waals surface area contributed by atoms with Crippen LogP contribution in [0.1, 0.15) is 34.6 Å². The lowest BCUT2D eigenvalue weighted by Gasteiger charge is -2.23. The first-order valence-corrected chi connectivity index (χ1v) is 6.53. The van der Waals surface area contributed by atoms with E-state index in [2.05, 4.69) is 31.4 Å². The van der Waals surface area contributed by atoms with E-state index < -0.39 is 0 Å². The number of anilines is 1. The molecule has 1 aromatic rings. The second-order valence-corrected chi connectivity index (χ2v) is 5.93. The van der Waals surface area contributed by atoms with Crippen LogP contribution in [0.4, 0.5) is 5.69 Å². The molecule has 0 amide bonds. The standard InChI is InChI=1S/C14H22N2OS/c1-10(2)17-12-8-6-7-11(9-12)15-13(18)16-14(3,4)5/h6-10H,1-5H3,(H2,15,16,18). The molecule has 0 heterocycles. The summed E-state index contributed by atoms with van der Waals surface area (Å²) in [6.07, 6.45) is 0.167. The third-order valence-electron chi connectivity index (χ3n) is 1.95. The van der Waals surface area contributed by atoms with Gasteiger partial charge >= 0.3 is 0 Å². The molecule has 0 unspecified atom stereocenters. The summed E-state index contributed by atoms with van der Waals surface area (Å²) in [5.74, 6) is 0.841. The minimum atomic E-state index is -0.0455. The Morgan fingerprint density at radius 3 is 2.50 bits per heavy atom. The maximum Gasteiger partial charge on any atom is 0.171 e. The summed E-state index contributed by atoms with van der Waals surface area (Å²) in [4.78, 5) is 0. The number of ether oxygens (including phenoxy) is 1. The molecule has 0 spiro atoms. The highest BCUT2D eigenvalue weighted by atomic mass is 32.1. The second kappa shape index (κ2) is 6.05. The molecule has 4 heteroatoms. The molecular formula is C14H22N2OS. The number of benzene rings is 1. The summed E-state index contributed by atoms with van der Waals surface area (Å²) in [6.45, 7) is 10.2. The lowest BCUT2D eigenvalue weighted by atomic mass is 10.1. The van der Waals surface area contributed by atoms with Gasteiger partial charge in [0.2, 0.25) is 0 Å². The van der Waals surface area contributed by atoms with Crippen LogP contribution in [0.3, 0.4) is 0 Å². The number of rotatable bonds is 3. The van der Waals surface area contributed by atoms with Crippen LogP contribution in [0.25, 0.3) is 0 Å². The first-order chi connectivity index (χ1) is 8.26. The van der Waals surface area contributed by atoms with Gasteiger partial charge in [0.15, 0.2) is 5.11 Å². The van der Waals surface area contributed by atoms with Gasteiger partial charge in [0.1, 0.15) is 5.75 Å². The van der Waals surface area contributed by atoms with E-state index in [4.69, 9.17) is 17.0 Å². The third-order valence-corrected chi connectivity index (χ3v) is 2.16. The van der Waals surface area contributed by atoms with E-state index in [1.165, 1.54) is 0 Å². The maximum absolute atomic E-state index is 5.63. The lowest BCUT2D eigenvalue weighted by Crippen LogP contribution is -2.42. The molecule has 0 aliphatic carbocycles. The van der Waals surface area contributed by atoms with E-state index in [9.17, 15) is 0 Å². The van der Waals surface area contributed by atoms with Gasteiger partial charge in [-0.15, -0.1) is 0 Å². The van der Waals surface area contributed by atoms with Crippen LogP contribution in [0.5, 0.6) is 5.75 Å². The zero-order valence-corrected chi connectivity index (χ0v) is 12.5. The molecular weight excluding hydrogens is 244 g/mol. The van der Waals surface area contributed by atoms with Crippen LogP contribution in [0, 0.1) is 0 Å². The van der Waals surface area contributed by atoms with Crippen LogP contribution >= 0.6 is 12.2 Å². The van der Waals surface area contributed by atoms with Crippen molar-refractivity contribution in [2.24, 2.45) is 0 Å². The topological polar surface area (TPSA) is 33.3 Å². The average Bonchev–Trinajstić information content (AvgIpc) is 2.13. The molecule has 0 saturated heterocycles. The van der Waals surface area contributed by atoms with Gasteiger partial charge in [-0.05, 0) is 59.0 Å². The van der Waals surface area contributed by atoms with E-state index in [0.717, 1.165) is 11.4 Å². The molecule has 0 aromatic heterocycles. The molecule has 0 aliphatic rings. The summed E-state index contributed by atoms with van der Waals surface area (Å²) in [5, 5.41) is 6.97. The molecule has 18 heavy (non-hydrogen) atoms. The van der Waals surface area contributed by atoms with Crippen molar-refractivity contribution in [2.75, 3.05) is 5.32 Å². The van der Waals surface area contributed by atoms with Crippen LogP contribution in [-0.4, -0.2) is 16.8 Å². The van der Waals surface area contributed by atoms with Gasteiger partial charge in [0.05, 0.1) is 6.10 Å². The van der Waals surface area contributed by atoms with E-state index in [-0.39, 0.29) is 11.6 Å². The zero-order chi connectivity index (χ0) is 13.8. The summed E-state index contributed by atoms with van der Waals surface area (Å²) in [7, 11) is 0. The van der Waals surface area contributed by atoms with Gasteiger partial charge < -0.3 is 15.4 Å². The molecule has 2 N–H and O–H groups in total. The Balaban J connectivity index is 2.65. The van der Waals surface area contributed by atoms with Crippen LogP contribution in [0.2, 0.25) is 0 Å². The van der Waals surface area contributed by atoms with E-state index in [1.807, 2.05) is 38.1 Å². The normalized spacial score (nSPS) is 11.2. The van der Waals surface area contributed by atoms with Gasteiger partial charge in [0.25, 0.3) is 0 Å². The molecule has 0 fully saturated rings. The molecule has 0 saturated carbocycles. The Bertz CT molecular complexity index is 411. The highest BCUT2D eigenvalue weighted by molar-refractivity contribution is 7.80. The first kappa shape index (κ1) is 14.8. The van der Waals surface area contributed by atoms with E-state index in [1.54, 1.807) is 0 Å². The number of thiocarbonyl (C=S) groups is 1. The largest absolute Gasteiger partial charge is 0.491 e. The predicted molar refractivity (Wildman–Crippen MR) is 81.3 cm³/mol. The molecule has 3 nitrogen and oxygen atoms in total. The fourth-order valence-electron chi connectivity index (χ4n) is 1.42. The Morgan fingerprint density at radius 2 is 1.94 bits per heavy atom. The first-order valence-electron chi connectivity index (χ1n) is 6.12. The smallest absolute Gasteiger partial charge is 0.171 e. The fraction of sp³-hybridized carbons (Fsp3) is 0.500. The van der Waals surface area contributed by atoms with Crippen LogP contribution < -0.4 is 15.4 Å². The Kier molecular flexibility index (Phi) is 4.96. The lowest BCUT2D eigenvalue weighted by molar-refractivity contribution is 0.242. The highest BCUT2D eigenvalue weighted by Crippen LogP contribution is 2.18. The number of nitrogens with one attached hydrogen (secondary N) is 2. The van der Waals surface area contributed by atoms with Crippen molar-refractivity contribution < 1.29 is 4.74 Å². The minimum Gasteiger partial charge on any atom is -0.491 e. The molecule has 0 radical (unpaired) electrons. The van der Waals surface area contributed by atoms with Crippen LogP contribution in [-0.2, 0) is 0 Å². The number of hydrogen-bond acceptors (Lipinski definition) is 2. The van der Waals surface area contributed by atoms with Gasteiger partial charge in [-0.1, -0.05) is 6.07 Å². The SMILES string of the molecule is CC(C)Oc1cccc(NC(=S)NC(C)(C)C)c1.